The number of ether oxygens (including phenoxy) is 2. The SMILES string of the molecule is O=Cc1ccc(O[C@H]2O[C@@H](CO)[C@H](O)[C@@H](O)[C@@H]2O)cc1. The van der Waals surface area contributed by atoms with Gasteiger partial charge in [-0.2, -0.15) is 0 Å². The van der Waals surface area contributed by atoms with E-state index in [0.717, 1.165) is 0 Å². The number of aldehydes is 1. The Balaban J connectivity index is 2.08. The summed E-state index contributed by atoms with van der Waals surface area (Å²) in [6, 6.07) is 6.05. The Morgan fingerprint density at radius 1 is 1.10 bits per heavy atom. The maximum atomic E-state index is 10.5. The van der Waals surface area contributed by atoms with E-state index in [1.807, 2.05) is 0 Å². The van der Waals surface area contributed by atoms with E-state index < -0.39 is 37.3 Å². The molecule has 0 spiro atoms. The van der Waals surface area contributed by atoms with Crippen molar-refractivity contribution in [2.45, 2.75) is 30.7 Å². The average molecular weight is 284 g/mol. The first kappa shape index (κ1) is 14.9. The van der Waals surface area contributed by atoms with Crippen LogP contribution in [0, 0.1) is 0 Å². The van der Waals surface area contributed by atoms with Crippen LogP contribution in [0.4, 0.5) is 0 Å². The number of rotatable bonds is 4. The first-order chi connectivity index (χ1) is 9.56. The smallest absolute Gasteiger partial charge is 0.229 e. The van der Waals surface area contributed by atoms with Gasteiger partial charge in [0.25, 0.3) is 0 Å². The number of aliphatic hydroxyl groups excluding tert-OH is 4. The molecule has 1 saturated heterocycles. The fourth-order valence-corrected chi connectivity index (χ4v) is 1.92. The maximum Gasteiger partial charge on any atom is 0.229 e. The molecule has 0 bridgehead atoms. The predicted molar refractivity (Wildman–Crippen MR) is 66.2 cm³/mol. The Bertz CT molecular complexity index is 445. The zero-order valence-corrected chi connectivity index (χ0v) is 10.5. The third-order valence-corrected chi connectivity index (χ3v) is 3.12. The van der Waals surface area contributed by atoms with Crippen LogP contribution in [-0.2, 0) is 4.74 Å². The monoisotopic (exact) mass is 284 g/mol. The number of carbonyl (C=O) groups is 1. The molecule has 0 saturated carbocycles. The fourth-order valence-electron chi connectivity index (χ4n) is 1.92. The number of benzene rings is 1. The minimum atomic E-state index is -1.49. The molecule has 1 heterocycles. The van der Waals surface area contributed by atoms with Crippen molar-refractivity contribution in [1.82, 2.24) is 0 Å². The Labute approximate surface area is 115 Å². The van der Waals surface area contributed by atoms with Crippen molar-refractivity contribution in [2.24, 2.45) is 0 Å². The van der Waals surface area contributed by atoms with Crippen LogP contribution in [0.2, 0.25) is 0 Å². The van der Waals surface area contributed by atoms with E-state index >= 15 is 0 Å². The summed E-state index contributed by atoms with van der Waals surface area (Å²) in [7, 11) is 0. The lowest BCUT2D eigenvalue weighted by atomic mass is 9.99. The summed E-state index contributed by atoms with van der Waals surface area (Å²) >= 11 is 0. The second-order valence-corrected chi connectivity index (χ2v) is 4.50. The molecular weight excluding hydrogens is 268 g/mol. The molecule has 1 fully saturated rings. The van der Waals surface area contributed by atoms with Gasteiger partial charge >= 0.3 is 0 Å². The molecule has 110 valence electrons. The standard InChI is InChI=1S/C13H16O7/c14-5-7-1-3-8(4-2-7)19-13-12(18)11(17)10(16)9(6-15)20-13/h1-5,9-13,15-18H,6H2/t9-,10-,11+,12-,13-/m0/s1. The number of aliphatic hydroxyl groups is 4. The van der Waals surface area contributed by atoms with Crippen LogP contribution in [0.15, 0.2) is 24.3 Å². The highest BCUT2D eigenvalue weighted by molar-refractivity contribution is 5.74. The molecule has 0 aliphatic carbocycles. The topological polar surface area (TPSA) is 116 Å². The summed E-state index contributed by atoms with van der Waals surface area (Å²) in [5.41, 5.74) is 0.464. The molecule has 2 rings (SSSR count). The second-order valence-electron chi connectivity index (χ2n) is 4.50. The van der Waals surface area contributed by atoms with Crippen LogP contribution >= 0.6 is 0 Å². The van der Waals surface area contributed by atoms with Gasteiger partial charge in [0, 0.05) is 5.56 Å². The molecular formula is C13H16O7. The van der Waals surface area contributed by atoms with E-state index in [0.29, 0.717) is 17.6 Å². The van der Waals surface area contributed by atoms with Gasteiger partial charge in [0.05, 0.1) is 6.61 Å². The summed E-state index contributed by atoms with van der Waals surface area (Å²) in [6.07, 6.45) is -5.94. The van der Waals surface area contributed by atoms with E-state index in [1.165, 1.54) is 24.3 Å². The molecule has 7 heteroatoms. The third-order valence-electron chi connectivity index (χ3n) is 3.12. The van der Waals surface area contributed by atoms with E-state index in [1.54, 1.807) is 0 Å². The minimum absolute atomic E-state index is 0.319. The average Bonchev–Trinajstić information content (AvgIpc) is 2.48. The summed E-state index contributed by atoms with van der Waals surface area (Å²) in [4.78, 5) is 10.5. The molecule has 7 nitrogen and oxygen atoms in total. The van der Waals surface area contributed by atoms with Crippen LogP contribution < -0.4 is 4.74 Å². The third kappa shape index (κ3) is 2.97. The number of hydrogen-bond donors (Lipinski definition) is 4. The van der Waals surface area contributed by atoms with Crippen LogP contribution in [0.25, 0.3) is 0 Å². The van der Waals surface area contributed by atoms with E-state index in [9.17, 15) is 20.1 Å². The van der Waals surface area contributed by atoms with Crippen LogP contribution in [0.5, 0.6) is 5.75 Å². The predicted octanol–water partition coefficient (Wildman–Crippen LogP) is -1.32. The highest BCUT2D eigenvalue weighted by Crippen LogP contribution is 2.24. The Kier molecular flexibility index (Phi) is 4.69. The highest BCUT2D eigenvalue weighted by Gasteiger charge is 2.44. The second kappa shape index (κ2) is 6.29. The maximum absolute atomic E-state index is 10.5. The zero-order valence-electron chi connectivity index (χ0n) is 10.5. The Morgan fingerprint density at radius 2 is 1.75 bits per heavy atom. The van der Waals surface area contributed by atoms with Gasteiger partial charge in [-0.15, -0.1) is 0 Å². The van der Waals surface area contributed by atoms with Crippen molar-refractivity contribution in [3.63, 3.8) is 0 Å². The number of hydrogen-bond acceptors (Lipinski definition) is 7. The van der Waals surface area contributed by atoms with Gasteiger partial charge in [0.15, 0.2) is 0 Å². The van der Waals surface area contributed by atoms with Crippen LogP contribution in [0.1, 0.15) is 10.4 Å². The summed E-state index contributed by atoms with van der Waals surface area (Å²) in [5, 5.41) is 38.1. The molecule has 1 aromatic carbocycles. The summed E-state index contributed by atoms with van der Waals surface area (Å²) in [5.74, 6) is 0.319. The lowest BCUT2D eigenvalue weighted by Gasteiger charge is -2.39. The highest BCUT2D eigenvalue weighted by atomic mass is 16.7. The molecule has 4 N–H and O–H groups in total. The lowest BCUT2D eigenvalue weighted by molar-refractivity contribution is -0.277. The summed E-state index contributed by atoms with van der Waals surface area (Å²) < 4.78 is 10.5. The first-order valence-corrected chi connectivity index (χ1v) is 6.09. The fraction of sp³-hybridized carbons (Fsp3) is 0.462. The van der Waals surface area contributed by atoms with Crippen molar-refractivity contribution >= 4 is 6.29 Å². The van der Waals surface area contributed by atoms with E-state index in [2.05, 4.69) is 0 Å². The molecule has 0 radical (unpaired) electrons. The van der Waals surface area contributed by atoms with Crippen molar-refractivity contribution in [2.75, 3.05) is 6.61 Å². The molecule has 1 aliphatic rings. The zero-order chi connectivity index (χ0) is 14.7. The quantitative estimate of drug-likeness (QED) is 0.507. The van der Waals surface area contributed by atoms with Gasteiger partial charge in [-0.25, -0.2) is 0 Å². The van der Waals surface area contributed by atoms with Crippen LogP contribution in [-0.4, -0.2) is 64.0 Å². The minimum Gasteiger partial charge on any atom is -0.462 e. The van der Waals surface area contributed by atoms with Gasteiger partial charge in [-0.3, -0.25) is 4.79 Å². The lowest BCUT2D eigenvalue weighted by Crippen LogP contribution is -2.60. The van der Waals surface area contributed by atoms with Crippen molar-refractivity contribution in [3.8, 4) is 5.75 Å². The van der Waals surface area contributed by atoms with Crippen molar-refractivity contribution in [1.29, 1.82) is 0 Å². The molecule has 5 atom stereocenters. The molecule has 1 aliphatic heterocycles. The molecule has 0 unspecified atom stereocenters. The van der Waals surface area contributed by atoms with Crippen molar-refractivity contribution in [3.05, 3.63) is 29.8 Å². The van der Waals surface area contributed by atoms with Gasteiger partial charge in [-0.1, -0.05) is 0 Å². The van der Waals surface area contributed by atoms with Crippen molar-refractivity contribution < 1.29 is 34.7 Å². The Hall–Kier alpha value is -1.51. The van der Waals surface area contributed by atoms with Gasteiger partial charge in [0.1, 0.15) is 36.5 Å². The molecule has 20 heavy (non-hydrogen) atoms. The van der Waals surface area contributed by atoms with Gasteiger partial charge in [-0.05, 0) is 24.3 Å². The number of carbonyl (C=O) groups excluding carboxylic acids is 1. The Morgan fingerprint density at radius 3 is 2.30 bits per heavy atom. The van der Waals surface area contributed by atoms with E-state index in [-0.39, 0.29) is 0 Å². The molecule has 0 amide bonds. The van der Waals surface area contributed by atoms with Crippen LogP contribution in [0.3, 0.4) is 0 Å². The first-order valence-electron chi connectivity index (χ1n) is 6.09. The van der Waals surface area contributed by atoms with Gasteiger partial charge in [0.2, 0.25) is 6.29 Å². The molecule has 1 aromatic rings. The van der Waals surface area contributed by atoms with Gasteiger partial charge < -0.3 is 29.9 Å². The normalized spacial score (nSPS) is 33.7. The summed E-state index contributed by atoms with van der Waals surface area (Å²) in [6.45, 7) is -0.519. The largest absolute Gasteiger partial charge is 0.462 e. The molecule has 0 aromatic heterocycles. The van der Waals surface area contributed by atoms with E-state index in [4.69, 9.17) is 14.6 Å².